The van der Waals surface area contributed by atoms with Gasteiger partial charge < -0.3 is 5.73 Å². The van der Waals surface area contributed by atoms with Gasteiger partial charge in [0.25, 0.3) is 9.05 Å². The second-order valence-corrected chi connectivity index (χ2v) is 5.56. The zero-order valence-electron chi connectivity index (χ0n) is 7.99. The highest BCUT2D eigenvalue weighted by molar-refractivity contribution is 8.13. The van der Waals surface area contributed by atoms with Crippen molar-refractivity contribution in [3.63, 3.8) is 0 Å². The van der Waals surface area contributed by atoms with Crippen molar-refractivity contribution in [2.24, 2.45) is 5.73 Å². The Labute approximate surface area is 92.7 Å². The van der Waals surface area contributed by atoms with Crippen LogP contribution in [0.4, 0.5) is 0 Å². The molecule has 0 aromatic heterocycles. The largest absolute Gasteiger partial charge is 0.326 e. The zero-order chi connectivity index (χ0) is 11.6. The van der Waals surface area contributed by atoms with Gasteiger partial charge in [0.2, 0.25) is 0 Å². The number of aryl methyl sites for hydroxylation is 1. The summed E-state index contributed by atoms with van der Waals surface area (Å²) >= 11 is 0. The molecule has 0 saturated heterocycles. The summed E-state index contributed by atoms with van der Waals surface area (Å²) in [7, 11) is 1.41. The highest BCUT2D eigenvalue weighted by Crippen LogP contribution is 2.23. The number of halogens is 1. The average molecular weight is 245 g/mol. The fourth-order valence-corrected chi connectivity index (χ4v) is 2.48. The summed E-state index contributed by atoms with van der Waals surface area (Å²) in [6, 6.07) is 4.70. The molecule has 15 heavy (non-hydrogen) atoms. The second-order valence-electron chi connectivity index (χ2n) is 3.03. The van der Waals surface area contributed by atoms with E-state index in [2.05, 4.69) is 0 Å². The van der Waals surface area contributed by atoms with E-state index in [9.17, 15) is 8.42 Å². The van der Waals surface area contributed by atoms with E-state index in [1.807, 2.05) is 6.07 Å². The number of hydrogen-bond acceptors (Lipinski definition) is 4. The molecule has 0 aliphatic heterocycles. The SMILES string of the molecule is Cc1cc(CN)c(C#N)cc1S(=O)(=O)Cl. The molecule has 0 atom stereocenters. The molecule has 0 saturated carbocycles. The summed E-state index contributed by atoms with van der Waals surface area (Å²) in [5.41, 5.74) is 6.76. The second kappa shape index (κ2) is 4.19. The van der Waals surface area contributed by atoms with Crippen LogP contribution in [0.2, 0.25) is 0 Å². The van der Waals surface area contributed by atoms with Gasteiger partial charge in [0.05, 0.1) is 16.5 Å². The molecule has 0 aliphatic rings. The van der Waals surface area contributed by atoms with Crippen molar-refractivity contribution in [1.82, 2.24) is 0 Å². The molecule has 0 bridgehead atoms. The molecule has 1 aromatic carbocycles. The van der Waals surface area contributed by atoms with Gasteiger partial charge in [0.15, 0.2) is 0 Å². The molecule has 80 valence electrons. The lowest BCUT2D eigenvalue weighted by atomic mass is 10.1. The Balaban J connectivity index is 3.55. The number of nitriles is 1. The van der Waals surface area contributed by atoms with Gasteiger partial charge in [0.1, 0.15) is 0 Å². The normalized spacial score (nSPS) is 11.1. The molecule has 0 heterocycles. The molecular formula is C9H9ClN2O2S. The van der Waals surface area contributed by atoms with E-state index in [0.29, 0.717) is 11.1 Å². The first-order valence-electron chi connectivity index (χ1n) is 4.08. The van der Waals surface area contributed by atoms with Crippen molar-refractivity contribution in [3.8, 4) is 6.07 Å². The van der Waals surface area contributed by atoms with Crippen LogP contribution in [0.3, 0.4) is 0 Å². The maximum Gasteiger partial charge on any atom is 0.261 e. The lowest BCUT2D eigenvalue weighted by molar-refractivity contribution is 0.609. The van der Waals surface area contributed by atoms with Crippen LogP contribution in [0.25, 0.3) is 0 Å². The molecule has 0 fully saturated rings. The summed E-state index contributed by atoms with van der Waals surface area (Å²) in [5, 5.41) is 8.79. The molecule has 1 rings (SSSR count). The Bertz CT molecular complexity index is 532. The van der Waals surface area contributed by atoms with Gasteiger partial charge in [-0.1, -0.05) is 6.07 Å². The first-order chi connectivity index (χ1) is 6.90. The fraction of sp³-hybridized carbons (Fsp3) is 0.222. The van der Waals surface area contributed by atoms with Crippen LogP contribution in [-0.2, 0) is 15.6 Å². The Hall–Kier alpha value is -1.09. The molecule has 0 aliphatic carbocycles. The lowest BCUT2D eigenvalue weighted by Gasteiger charge is -2.06. The van der Waals surface area contributed by atoms with E-state index in [1.54, 1.807) is 13.0 Å². The van der Waals surface area contributed by atoms with Gasteiger partial charge in [0, 0.05) is 17.2 Å². The van der Waals surface area contributed by atoms with E-state index < -0.39 is 9.05 Å². The Kier molecular flexibility index (Phi) is 3.35. The third-order valence-corrected chi connectivity index (χ3v) is 3.47. The van der Waals surface area contributed by atoms with Crippen LogP contribution in [0, 0.1) is 18.3 Å². The molecule has 6 heteroatoms. The third kappa shape index (κ3) is 2.48. The smallest absolute Gasteiger partial charge is 0.261 e. The van der Waals surface area contributed by atoms with E-state index in [-0.39, 0.29) is 17.0 Å². The topological polar surface area (TPSA) is 83.9 Å². The fourth-order valence-electron chi connectivity index (χ4n) is 1.28. The predicted octanol–water partition coefficient (Wildman–Crippen LogP) is 1.25. The summed E-state index contributed by atoms with van der Waals surface area (Å²) < 4.78 is 22.3. The number of nitrogens with two attached hydrogens (primary N) is 1. The van der Waals surface area contributed by atoms with Gasteiger partial charge in [-0.15, -0.1) is 0 Å². The van der Waals surface area contributed by atoms with Gasteiger partial charge in [-0.3, -0.25) is 0 Å². The van der Waals surface area contributed by atoms with Crippen LogP contribution < -0.4 is 5.73 Å². The molecule has 4 nitrogen and oxygen atoms in total. The summed E-state index contributed by atoms with van der Waals surface area (Å²) in [5.74, 6) is 0. The summed E-state index contributed by atoms with van der Waals surface area (Å²) in [6.45, 7) is 1.79. The van der Waals surface area contributed by atoms with Gasteiger partial charge in [-0.25, -0.2) is 8.42 Å². The predicted molar refractivity (Wildman–Crippen MR) is 56.8 cm³/mol. The highest BCUT2D eigenvalue weighted by atomic mass is 35.7. The first kappa shape index (κ1) is 12.0. The monoisotopic (exact) mass is 244 g/mol. The Morgan fingerprint density at radius 3 is 2.53 bits per heavy atom. The molecular weight excluding hydrogens is 236 g/mol. The minimum Gasteiger partial charge on any atom is -0.326 e. The maximum absolute atomic E-state index is 11.1. The van der Waals surface area contributed by atoms with E-state index >= 15 is 0 Å². The Morgan fingerprint density at radius 2 is 2.13 bits per heavy atom. The van der Waals surface area contributed by atoms with E-state index in [1.165, 1.54) is 6.07 Å². The highest BCUT2D eigenvalue weighted by Gasteiger charge is 2.16. The number of benzene rings is 1. The lowest BCUT2D eigenvalue weighted by Crippen LogP contribution is -2.03. The summed E-state index contributed by atoms with van der Waals surface area (Å²) in [4.78, 5) is -0.0436. The van der Waals surface area contributed by atoms with Gasteiger partial charge >= 0.3 is 0 Å². The summed E-state index contributed by atoms with van der Waals surface area (Å²) in [6.07, 6.45) is 0. The van der Waals surface area contributed by atoms with Crippen molar-refractivity contribution in [1.29, 1.82) is 5.26 Å². The third-order valence-electron chi connectivity index (χ3n) is 2.00. The molecule has 1 aromatic rings. The van der Waals surface area contributed by atoms with Crippen molar-refractivity contribution >= 4 is 19.7 Å². The van der Waals surface area contributed by atoms with Crippen LogP contribution in [-0.4, -0.2) is 8.42 Å². The maximum atomic E-state index is 11.1. The molecule has 0 spiro atoms. The minimum atomic E-state index is -3.81. The van der Waals surface area contributed by atoms with E-state index in [4.69, 9.17) is 21.7 Å². The Morgan fingerprint density at radius 1 is 1.53 bits per heavy atom. The molecule has 0 radical (unpaired) electrons. The molecule has 2 N–H and O–H groups in total. The number of nitrogens with zero attached hydrogens (tertiary/aromatic N) is 1. The van der Waals surface area contributed by atoms with E-state index in [0.717, 1.165) is 0 Å². The van der Waals surface area contributed by atoms with Gasteiger partial charge in [-0.2, -0.15) is 5.26 Å². The molecule has 0 amide bonds. The van der Waals surface area contributed by atoms with Crippen molar-refractivity contribution in [3.05, 3.63) is 28.8 Å². The van der Waals surface area contributed by atoms with Crippen molar-refractivity contribution < 1.29 is 8.42 Å². The average Bonchev–Trinajstić information content (AvgIpc) is 2.15. The van der Waals surface area contributed by atoms with Crippen LogP contribution in [0.1, 0.15) is 16.7 Å². The number of rotatable bonds is 2. The van der Waals surface area contributed by atoms with Crippen molar-refractivity contribution in [2.75, 3.05) is 0 Å². The number of hydrogen-bond donors (Lipinski definition) is 1. The molecule has 0 unspecified atom stereocenters. The quantitative estimate of drug-likeness (QED) is 0.794. The van der Waals surface area contributed by atoms with Gasteiger partial charge in [-0.05, 0) is 24.1 Å². The minimum absolute atomic E-state index is 0.0436. The van der Waals surface area contributed by atoms with Crippen LogP contribution in [0.5, 0.6) is 0 Å². The first-order valence-corrected chi connectivity index (χ1v) is 6.39. The zero-order valence-corrected chi connectivity index (χ0v) is 9.56. The van der Waals surface area contributed by atoms with Crippen LogP contribution >= 0.6 is 10.7 Å². The van der Waals surface area contributed by atoms with Crippen molar-refractivity contribution in [2.45, 2.75) is 18.4 Å². The van der Waals surface area contributed by atoms with Crippen LogP contribution in [0.15, 0.2) is 17.0 Å². The standard InChI is InChI=1S/C9H9ClN2O2S/c1-6-2-7(4-11)8(5-12)3-9(6)15(10,13)14/h2-3H,4,11H2,1H3.